The summed E-state index contributed by atoms with van der Waals surface area (Å²) in [6, 6.07) is 0. The van der Waals surface area contributed by atoms with E-state index in [0.717, 1.165) is 0 Å². The number of alkyl halides is 1. The van der Waals surface area contributed by atoms with E-state index in [-0.39, 0.29) is 17.5 Å². The monoisotopic (exact) mass is 328 g/mol. The molecule has 2 N–H and O–H groups in total. The van der Waals surface area contributed by atoms with E-state index in [1.165, 1.54) is 0 Å². The first-order valence-electron chi connectivity index (χ1n) is 4.41. The van der Waals surface area contributed by atoms with E-state index in [1.54, 1.807) is 18.0 Å². The Morgan fingerprint density at radius 2 is 2.21 bits per heavy atom. The van der Waals surface area contributed by atoms with Crippen LogP contribution in [0, 0.1) is 0 Å². The molecule has 14 heavy (non-hydrogen) atoms. The lowest BCUT2D eigenvalue weighted by Gasteiger charge is -2.37. The number of hydrogen-bond donors (Lipinski definition) is 2. The van der Waals surface area contributed by atoms with Crippen molar-refractivity contribution < 1.29 is 14.9 Å². The quantitative estimate of drug-likeness (QED) is 0.756. The minimum absolute atomic E-state index is 0.0172. The minimum Gasteiger partial charge on any atom is -0.390 e. The summed E-state index contributed by atoms with van der Waals surface area (Å²) in [5.41, 5.74) is -1.00. The fourth-order valence-electron chi connectivity index (χ4n) is 1.39. The molecule has 1 rings (SSSR count). The lowest BCUT2D eigenvalue weighted by atomic mass is 9.92. The number of halogens is 2. The molecule has 0 aromatic carbocycles. The third-order valence-electron chi connectivity index (χ3n) is 2.38. The Balaban J connectivity index is 2.62. The van der Waals surface area contributed by atoms with Gasteiger partial charge >= 0.3 is 0 Å². The molecular formula is C9H14Br2O3. The molecule has 0 saturated carbocycles. The number of hydrogen-bond acceptors (Lipinski definition) is 3. The van der Waals surface area contributed by atoms with Crippen molar-refractivity contribution in [2.75, 3.05) is 6.61 Å². The second-order valence-electron chi connectivity index (χ2n) is 3.66. The molecule has 0 bridgehead atoms. The summed E-state index contributed by atoms with van der Waals surface area (Å²) < 4.78 is 5.38. The fourth-order valence-corrected chi connectivity index (χ4v) is 2.42. The van der Waals surface area contributed by atoms with Crippen LogP contribution in [-0.2, 0) is 4.74 Å². The van der Waals surface area contributed by atoms with Gasteiger partial charge in [-0.15, -0.1) is 0 Å². The average Bonchev–Trinajstić information content (AvgIpc) is 2.09. The molecule has 1 aliphatic rings. The Morgan fingerprint density at radius 3 is 2.71 bits per heavy atom. The second-order valence-corrected chi connectivity index (χ2v) is 5.36. The van der Waals surface area contributed by atoms with Gasteiger partial charge in [-0.05, 0) is 24.4 Å². The van der Waals surface area contributed by atoms with E-state index in [2.05, 4.69) is 31.9 Å². The van der Waals surface area contributed by atoms with Crippen molar-refractivity contribution in [1.82, 2.24) is 0 Å². The van der Waals surface area contributed by atoms with Gasteiger partial charge < -0.3 is 14.9 Å². The molecule has 5 heteroatoms. The van der Waals surface area contributed by atoms with Gasteiger partial charge in [0.2, 0.25) is 0 Å². The number of rotatable bonds is 2. The highest BCUT2D eigenvalue weighted by Gasteiger charge is 2.37. The highest BCUT2D eigenvalue weighted by Crippen LogP contribution is 2.28. The van der Waals surface area contributed by atoms with E-state index < -0.39 is 11.7 Å². The maximum atomic E-state index is 10.00. The predicted molar refractivity (Wildman–Crippen MR) is 61.8 cm³/mol. The van der Waals surface area contributed by atoms with Crippen molar-refractivity contribution in [2.45, 2.75) is 36.0 Å². The first-order valence-corrected chi connectivity index (χ1v) is 6.24. The van der Waals surface area contributed by atoms with E-state index in [9.17, 15) is 10.2 Å². The maximum absolute atomic E-state index is 10.00. The molecule has 0 amide bonds. The van der Waals surface area contributed by atoms with Gasteiger partial charge in [-0.1, -0.05) is 31.9 Å². The van der Waals surface area contributed by atoms with E-state index in [1.807, 2.05) is 0 Å². The lowest BCUT2D eigenvalue weighted by Crippen LogP contribution is -2.48. The summed E-state index contributed by atoms with van der Waals surface area (Å²) in [7, 11) is 0. The molecule has 0 spiro atoms. The van der Waals surface area contributed by atoms with Gasteiger partial charge in [-0.2, -0.15) is 0 Å². The van der Waals surface area contributed by atoms with Crippen LogP contribution < -0.4 is 0 Å². The van der Waals surface area contributed by atoms with Crippen LogP contribution in [0.3, 0.4) is 0 Å². The van der Waals surface area contributed by atoms with Crippen molar-refractivity contribution in [3.05, 3.63) is 11.1 Å². The Bertz CT molecular complexity index is 218. The molecule has 0 aliphatic carbocycles. The van der Waals surface area contributed by atoms with Gasteiger partial charge in [0, 0.05) is 4.83 Å². The van der Waals surface area contributed by atoms with Crippen molar-refractivity contribution in [3.8, 4) is 0 Å². The largest absolute Gasteiger partial charge is 0.390 e. The number of aliphatic hydroxyl groups is 2. The molecular weight excluding hydrogens is 316 g/mol. The molecule has 3 nitrogen and oxygen atoms in total. The lowest BCUT2D eigenvalue weighted by molar-refractivity contribution is -0.121. The summed E-state index contributed by atoms with van der Waals surface area (Å²) in [5, 5.41) is 19.4. The smallest absolute Gasteiger partial charge is 0.107 e. The first-order chi connectivity index (χ1) is 6.47. The molecule has 1 heterocycles. The zero-order valence-corrected chi connectivity index (χ0v) is 11.0. The molecule has 4 atom stereocenters. The number of aliphatic hydroxyl groups excluding tert-OH is 1. The van der Waals surface area contributed by atoms with Gasteiger partial charge in [0.1, 0.15) is 5.60 Å². The third-order valence-corrected chi connectivity index (χ3v) is 3.63. The van der Waals surface area contributed by atoms with Crippen molar-refractivity contribution >= 4 is 31.9 Å². The predicted octanol–water partition coefficient (Wildman–Crippen LogP) is 1.56. The van der Waals surface area contributed by atoms with E-state index in [0.29, 0.717) is 6.42 Å². The molecule has 1 fully saturated rings. The summed E-state index contributed by atoms with van der Waals surface area (Å²) in [6.07, 6.45) is 1.44. The zero-order chi connectivity index (χ0) is 10.8. The Morgan fingerprint density at radius 1 is 1.57 bits per heavy atom. The topological polar surface area (TPSA) is 49.7 Å². The van der Waals surface area contributed by atoms with E-state index in [4.69, 9.17) is 4.74 Å². The van der Waals surface area contributed by atoms with Gasteiger partial charge in [0.25, 0.3) is 0 Å². The maximum Gasteiger partial charge on any atom is 0.107 e. The Kier molecular flexibility index (Phi) is 4.58. The van der Waals surface area contributed by atoms with Crippen LogP contribution >= 0.6 is 31.9 Å². The van der Waals surface area contributed by atoms with Crippen molar-refractivity contribution in [3.63, 3.8) is 0 Å². The molecule has 0 aromatic rings. The SMILES string of the molecule is C[C@@](O)(/C=C/Br)[C@@H]1C[C@@H](Br)[C@H](O)CO1. The molecule has 0 radical (unpaired) electrons. The van der Waals surface area contributed by atoms with Gasteiger partial charge in [-0.25, -0.2) is 0 Å². The highest BCUT2D eigenvalue weighted by atomic mass is 79.9. The Hall–Kier alpha value is 0.580. The van der Waals surface area contributed by atoms with Crippen LogP contribution in [-0.4, -0.2) is 39.5 Å². The van der Waals surface area contributed by atoms with Crippen molar-refractivity contribution in [1.29, 1.82) is 0 Å². The van der Waals surface area contributed by atoms with Crippen LogP contribution in [0.5, 0.6) is 0 Å². The van der Waals surface area contributed by atoms with Crippen LogP contribution in [0.4, 0.5) is 0 Å². The normalized spacial score (nSPS) is 38.5. The summed E-state index contributed by atoms with van der Waals surface area (Å²) in [6.45, 7) is 1.94. The second kappa shape index (κ2) is 5.07. The Labute approximate surface area is 100 Å². The van der Waals surface area contributed by atoms with E-state index >= 15 is 0 Å². The van der Waals surface area contributed by atoms with Gasteiger partial charge in [0.15, 0.2) is 0 Å². The summed E-state index contributed by atoms with van der Waals surface area (Å²) in [4.78, 5) is 1.60. The highest BCUT2D eigenvalue weighted by molar-refractivity contribution is 9.11. The third kappa shape index (κ3) is 3.03. The standard InChI is InChI=1S/C9H14Br2O3/c1-9(13,2-3-10)8-4-6(11)7(12)5-14-8/h2-3,6-8,12-13H,4-5H2,1H3/b3-2+/t6-,7-,8+,9-/m1/s1. The van der Waals surface area contributed by atoms with Crippen molar-refractivity contribution in [2.24, 2.45) is 0 Å². The molecule has 1 aliphatic heterocycles. The molecule has 1 saturated heterocycles. The summed E-state index contributed by atoms with van der Waals surface area (Å²) >= 11 is 6.48. The molecule has 82 valence electrons. The van der Waals surface area contributed by atoms with Crippen LogP contribution in [0.15, 0.2) is 11.1 Å². The van der Waals surface area contributed by atoms with Gasteiger partial charge in [-0.3, -0.25) is 0 Å². The molecule has 0 aromatic heterocycles. The van der Waals surface area contributed by atoms with Crippen LogP contribution in [0.1, 0.15) is 13.3 Å². The summed E-state index contributed by atoms with van der Waals surface area (Å²) in [5.74, 6) is 0. The minimum atomic E-state index is -1.00. The molecule has 0 unspecified atom stereocenters. The zero-order valence-electron chi connectivity index (χ0n) is 7.86. The first kappa shape index (κ1) is 12.6. The fraction of sp³-hybridized carbons (Fsp3) is 0.778. The van der Waals surface area contributed by atoms with Gasteiger partial charge in [0.05, 0.1) is 18.8 Å². The van der Waals surface area contributed by atoms with Crippen LogP contribution in [0.25, 0.3) is 0 Å². The number of ether oxygens (including phenoxy) is 1. The van der Waals surface area contributed by atoms with Crippen LogP contribution in [0.2, 0.25) is 0 Å². The average molecular weight is 330 g/mol.